The van der Waals surface area contributed by atoms with Crippen LogP contribution in [0, 0.1) is 0 Å². The molecule has 0 aliphatic rings. The van der Waals surface area contributed by atoms with Crippen molar-refractivity contribution in [1.82, 2.24) is 4.98 Å². The van der Waals surface area contributed by atoms with Crippen molar-refractivity contribution in [3.8, 4) is 0 Å². The smallest absolute Gasteiger partial charge is 0.255 e. The van der Waals surface area contributed by atoms with E-state index in [9.17, 15) is 4.79 Å². The second kappa shape index (κ2) is 7.44. The Morgan fingerprint density at radius 2 is 1.81 bits per heavy atom. The van der Waals surface area contributed by atoms with Gasteiger partial charge in [0.2, 0.25) is 0 Å². The van der Waals surface area contributed by atoms with Crippen LogP contribution >= 0.6 is 11.6 Å². The Labute approximate surface area is 159 Å². The van der Waals surface area contributed by atoms with Crippen LogP contribution in [0.1, 0.15) is 5.56 Å². The van der Waals surface area contributed by atoms with Crippen LogP contribution in [0.4, 0.5) is 5.69 Å². The number of pyridine rings is 1. The predicted octanol–water partition coefficient (Wildman–Crippen LogP) is 5.79. The summed E-state index contributed by atoms with van der Waals surface area (Å²) in [6.45, 7) is 6.60. The highest BCUT2D eigenvalue weighted by Gasteiger charge is 2.19. The molecule has 0 aliphatic carbocycles. The van der Waals surface area contributed by atoms with E-state index < -0.39 is 8.07 Å². The predicted molar refractivity (Wildman–Crippen MR) is 113 cm³/mol. The summed E-state index contributed by atoms with van der Waals surface area (Å²) in [5.41, 5.74) is 5.07. The fraction of sp³-hybridized carbons (Fsp3) is 0.143. The molecule has 1 heterocycles. The molecule has 1 N–H and O–H groups in total. The van der Waals surface area contributed by atoms with E-state index in [4.69, 9.17) is 11.6 Å². The van der Waals surface area contributed by atoms with Gasteiger partial charge in [0.05, 0.1) is 19.3 Å². The molecule has 0 bridgehead atoms. The number of carbonyl (C=O) groups excluding carboxylic acids is 1. The summed E-state index contributed by atoms with van der Waals surface area (Å²) < 4.78 is 0. The minimum atomic E-state index is -1.64. The van der Waals surface area contributed by atoms with Gasteiger partial charge in [0.25, 0.3) is 5.91 Å². The van der Waals surface area contributed by atoms with E-state index in [2.05, 4.69) is 35.6 Å². The molecule has 0 spiro atoms. The average molecular weight is 381 g/mol. The van der Waals surface area contributed by atoms with E-state index in [1.54, 1.807) is 6.20 Å². The molecule has 0 atom stereocenters. The van der Waals surface area contributed by atoms with Gasteiger partial charge in [-0.1, -0.05) is 67.3 Å². The lowest BCUT2D eigenvalue weighted by atomic mass is 10.1. The third-order valence-corrected chi connectivity index (χ3v) is 5.23. The van der Waals surface area contributed by atoms with Crippen LogP contribution < -0.4 is 5.32 Å². The third-order valence-electron chi connectivity index (χ3n) is 3.84. The van der Waals surface area contributed by atoms with Crippen LogP contribution in [0.2, 0.25) is 24.7 Å². The maximum absolute atomic E-state index is 13.1. The molecule has 26 heavy (non-hydrogen) atoms. The lowest BCUT2D eigenvalue weighted by molar-refractivity contribution is -0.111. The number of halogens is 1. The molecule has 3 aromatic rings. The molecular formula is C21H21ClN2OSi. The summed E-state index contributed by atoms with van der Waals surface area (Å²) in [4.78, 5) is 17.5. The Bertz CT molecular complexity index is 987. The number of para-hydroxylation sites is 1. The number of hydrogen-bond donors (Lipinski definition) is 1. The number of aromatic nitrogens is 1. The number of carbonyl (C=O) groups is 1. The molecule has 2 aromatic carbocycles. The SMILES string of the molecule is C[Si](C)(C)/C=C(/C(=O)Nc1cccc2cccnc12)c1cccc(Cl)c1. The van der Waals surface area contributed by atoms with Crippen molar-refractivity contribution in [2.45, 2.75) is 19.6 Å². The van der Waals surface area contributed by atoms with Crippen molar-refractivity contribution in [2.24, 2.45) is 0 Å². The molecule has 0 unspecified atom stereocenters. The van der Waals surface area contributed by atoms with Gasteiger partial charge in [0.15, 0.2) is 0 Å². The van der Waals surface area contributed by atoms with Crippen LogP contribution in [0.3, 0.4) is 0 Å². The normalized spacial score (nSPS) is 12.2. The largest absolute Gasteiger partial charge is 0.320 e. The average Bonchev–Trinajstić information content (AvgIpc) is 2.59. The quantitative estimate of drug-likeness (QED) is 0.460. The zero-order valence-electron chi connectivity index (χ0n) is 15.1. The monoisotopic (exact) mass is 380 g/mol. The Morgan fingerprint density at radius 3 is 2.54 bits per heavy atom. The Morgan fingerprint density at radius 1 is 1.08 bits per heavy atom. The summed E-state index contributed by atoms with van der Waals surface area (Å²) in [5, 5.41) is 4.64. The molecular weight excluding hydrogens is 360 g/mol. The van der Waals surface area contributed by atoms with Gasteiger partial charge in [0.1, 0.15) is 0 Å². The van der Waals surface area contributed by atoms with Crippen LogP contribution in [-0.4, -0.2) is 19.0 Å². The first-order valence-corrected chi connectivity index (χ1v) is 12.4. The second-order valence-corrected chi connectivity index (χ2v) is 12.7. The van der Waals surface area contributed by atoms with Gasteiger partial charge in [-0.15, -0.1) is 0 Å². The summed E-state index contributed by atoms with van der Waals surface area (Å²) in [6.07, 6.45) is 1.73. The number of amides is 1. The lowest BCUT2D eigenvalue weighted by Gasteiger charge is -2.16. The van der Waals surface area contributed by atoms with Crippen LogP contribution in [0.15, 0.2) is 66.5 Å². The molecule has 0 fully saturated rings. The summed E-state index contributed by atoms with van der Waals surface area (Å²) in [5.74, 6) is -0.146. The van der Waals surface area contributed by atoms with Gasteiger partial charge in [-0.3, -0.25) is 9.78 Å². The highest BCUT2D eigenvalue weighted by atomic mass is 35.5. The molecule has 1 amide bonds. The van der Waals surface area contributed by atoms with Crippen molar-refractivity contribution in [3.63, 3.8) is 0 Å². The third kappa shape index (κ3) is 4.39. The van der Waals surface area contributed by atoms with E-state index in [0.717, 1.165) is 16.5 Å². The van der Waals surface area contributed by atoms with Crippen LogP contribution in [0.5, 0.6) is 0 Å². The summed E-state index contributed by atoms with van der Waals surface area (Å²) >= 11 is 6.15. The number of hydrogen-bond acceptors (Lipinski definition) is 2. The van der Waals surface area contributed by atoms with Gasteiger partial charge in [-0.25, -0.2) is 0 Å². The number of nitrogens with zero attached hydrogens (tertiary/aromatic N) is 1. The molecule has 3 rings (SSSR count). The van der Waals surface area contributed by atoms with E-state index in [1.165, 1.54) is 0 Å². The van der Waals surface area contributed by atoms with Gasteiger partial charge in [-0.2, -0.15) is 0 Å². The number of anilines is 1. The molecule has 1 aromatic heterocycles. The topological polar surface area (TPSA) is 42.0 Å². The fourth-order valence-corrected chi connectivity index (χ4v) is 4.12. The molecule has 3 nitrogen and oxygen atoms in total. The first-order valence-electron chi connectivity index (χ1n) is 8.47. The van der Waals surface area contributed by atoms with Crippen LogP contribution in [-0.2, 0) is 4.79 Å². The number of benzene rings is 2. The molecule has 5 heteroatoms. The van der Waals surface area contributed by atoms with Gasteiger partial charge in [-0.05, 0) is 29.8 Å². The Hall–Kier alpha value is -2.43. The van der Waals surface area contributed by atoms with Crippen molar-refractivity contribution in [1.29, 1.82) is 0 Å². The Kier molecular flexibility index (Phi) is 5.25. The van der Waals surface area contributed by atoms with E-state index in [0.29, 0.717) is 16.3 Å². The van der Waals surface area contributed by atoms with Crippen molar-refractivity contribution in [2.75, 3.05) is 5.32 Å². The standard InChI is InChI=1S/C21H21ClN2OSi/c1-26(2,3)14-18(16-8-4-10-17(22)13-16)21(25)24-19-11-5-7-15-9-6-12-23-20(15)19/h4-14H,1-3H3,(H,24,25)/b18-14+. The fourth-order valence-electron chi connectivity index (χ4n) is 2.76. The Balaban J connectivity index is 2.02. The molecule has 0 saturated heterocycles. The summed E-state index contributed by atoms with van der Waals surface area (Å²) in [7, 11) is -1.64. The number of rotatable bonds is 4. The first kappa shape index (κ1) is 18.4. The van der Waals surface area contributed by atoms with E-state index in [1.807, 2.05) is 54.6 Å². The van der Waals surface area contributed by atoms with Crippen molar-refractivity contribution in [3.05, 3.63) is 77.1 Å². The second-order valence-electron chi connectivity index (χ2n) is 7.27. The molecule has 0 saturated carbocycles. The van der Waals surface area contributed by atoms with Gasteiger partial charge >= 0.3 is 0 Å². The van der Waals surface area contributed by atoms with Gasteiger partial charge < -0.3 is 5.32 Å². The zero-order chi connectivity index (χ0) is 18.7. The van der Waals surface area contributed by atoms with Gasteiger partial charge in [0, 0.05) is 22.2 Å². The number of nitrogens with one attached hydrogen (secondary N) is 1. The lowest BCUT2D eigenvalue weighted by Crippen LogP contribution is -2.21. The van der Waals surface area contributed by atoms with Crippen LogP contribution in [0.25, 0.3) is 16.5 Å². The maximum atomic E-state index is 13.1. The first-order chi connectivity index (χ1) is 12.3. The minimum Gasteiger partial charge on any atom is -0.320 e. The van der Waals surface area contributed by atoms with Crippen molar-refractivity contribution < 1.29 is 4.79 Å². The van der Waals surface area contributed by atoms with E-state index in [-0.39, 0.29) is 5.91 Å². The highest BCUT2D eigenvalue weighted by Crippen LogP contribution is 2.26. The van der Waals surface area contributed by atoms with E-state index >= 15 is 0 Å². The molecule has 0 aliphatic heterocycles. The molecule has 132 valence electrons. The highest BCUT2D eigenvalue weighted by molar-refractivity contribution is 6.82. The number of fused-ring (bicyclic) bond motifs is 1. The maximum Gasteiger partial charge on any atom is 0.255 e. The molecule has 0 radical (unpaired) electrons. The minimum absolute atomic E-state index is 0.146. The summed E-state index contributed by atoms with van der Waals surface area (Å²) in [6, 6.07) is 17.1. The van der Waals surface area contributed by atoms with Crippen molar-refractivity contribution >= 4 is 47.7 Å². The zero-order valence-corrected chi connectivity index (χ0v) is 16.8.